The molecule has 7 heteroatoms. The van der Waals surface area contributed by atoms with E-state index in [0.29, 0.717) is 12.1 Å². The third-order valence-electron chi connectivity index (χ3n) is 4.65. The zero-order valence-corrected chi connectivity index (χ0v) is 16.7. The van der Waals surface area contributed by atoms with Crippen molar-refractivity contribution < 1.29 is 0 Å². The number of fused-ring (bicyclic) bond motifs is 3. The molecular weight excluding hydrogens is 388 g/mol. The first-order chi connectivity index (χ1) is 13.8. The number of aromatic nitrogens is 4. The molecule has 0 aliphatic rings. The smallest absolute Gasteiger partial charge is 0.288 e. The molecule has 3 aromatic heterocycles. The van der Waals surface area contributed by atoms with Gasteiger partial charge in [-0.05, 0) is 24.0 Å². The highest BCUT2D eigenvalue weighted by atomic mass is 32.2. The predicted octanol–water partition coefficient (Wildman–Crippen LogP) is 4.57. The SMILES string of the molecule is CSc1nc2c(s1)c1cnn(Cc3ccccc3)c(=O)c1n2-c1ccccc1. The lowest BCUT2D eigenvalue weighted by molar-refractivity contribution is 0.645. The fourth-order valence-electron chi connectivity index (χ4n) is 3.37. The number of nitrogens with zero attached hydrogens (tertiary/aromatic N) is 4. The molecule has 0 amide bonds. The van der Waals surface area contributed by atoms with Gasteiger partial charge in [0.15, 0.2) is 9.99 Å². The molecule has 0 aliphatic heterocycles. The molecule has 0 atom stereocenters. The van der Waals surface area contributed by atoms with Crippen LogP contribution in [0.5, 0.6) is 0 Å². The fraction of sp³-hybridized carbons (Fsp3) is 0.0952. The van der Waals surface area contributed by atoms with E-state index in [1.54, 1.807) is 29.3 Å². The van der Waals surface area contributed by atoms with Crippen molar-refractivity contribution in [1.29, 1.82) is 0 Å². The number of thiazole rings is 1. The number of para-hydroxylation sites is 1. The van der Waals surface area contributed by atoms with E-state index in [0.717, 1.165) is 31.3 Å². The Hall–Kier alpha value is -2.90. The van der Waals surface area contributed by atoms with Gasteiger partial charge in [0, 0.05) is 11.1 Å². The number of rotatable bonds is 4. The van der Waals surface area contributed by atoms with Crippen LogP contribution in [-0.4, -0.2) is 25.6 Å². The van der Waals surface area contributed by atoms with Crippen LogP contribution in [0.15, 0.2) is 76.0 Å². The van der Waals surface area contributed by atoms with Crippen molar-refractivity contribution >= 4 is 44.3 Å². The molecule has 0 fully saturated rings. The van der Waals surface area contributed by atoms with Crippen LogP contribution in [-0.2, 0) is 6.54 Å². The number of hydrogen-bond donors (Lipinski definition) is 0. The first-order valence-corrected chi connectivity index (χ1v) is 10.8. The Labute approximate surface area is 169 Å². The Morgan fingerprint density at radius 2 is 1.75 bits per heavy atom. The van der Waals surface area contributed by atoms with E-state index >= 15 is 0 Å². The highest BCUT2D eigenvalue weighted by Gasteiger charge is 2.21. The van der Waals surface area contributed by atoms with E-state index in [4.69, 9.17) is 4.98 Å². The molecule has 28 heavy (non-hydrogen) atoms. The van der Waals surface area contributed by atoms with Gasteiger partial charge < -0.3 is 0 Å². The van der Waals surface area contributed by atoms with Gasteiger partial charge in [-0.3, -0.25) is 9.36 Å². The quantitative estimate of drug-likeness (QED) is 0.412. The zero-order chi connectivity index (χ0) is 19.1. The molecule has 0 unspecified atom stereocenters. The van der Waals surface area contributed by atoms with Gasteiger partial charge in [0.1, 0.15) is 5.52 Å². The molecule has 138 valence electrons. The van der Waals surface area contributed by atoms with E-state index in [9.17, 15) is 4.79 Å². The average Bonchev–Trinajstić information content (AvgIpc) is 3.28. The maximum atomic E-state index is 13.4. The summed E-state index contributed by atoms with van der Waals surface area (Å²) in [5.41, 5.74) is 3.29. The van der Waals surface area contributed by atoms with E-state index in [2.05, 4.69) is 5.10 Å². The van der Waals surface area contributed by atoms with E-state index in [-0.39, 0.29) is 5.56 Å². The lowest BCUT2D eigenvalue weighted by atomic mass is 10.2. The Kier molecular flexibility index (Phi) is 4.26. The van der Waals surface area contributed by atoms with Crippen LogP contribution in [0.2, 0.25) is 0 Å². The number of hydrogen-bond acceptors (Lipinski definition) is 5. The largest absolute Gasteiger partial charge is 0.292 e. The van der Waals surface area contributed by atoms with Crippen molar-refractivity contribution in [2.24, 2.45) is 0 Å². The van der Waals surface area contributed by atoms with Crippen molar-refractivity contribution in [1.82, 2.24) is 19.3 Å². The third kappa shape index (κ3) is 2.75. The second-order valence-corrected chi connectivity index (χ2v) is 8.42. The molecule has 2 aromatic carbocycles. The van der Waals surface area contributed by atoms with Gasteiger partial charge in [-0.25, -0.2) is 9.67 Å². The molecule has 3 heterocycles. The molecule has 0 bridgehead atoms. The van der Waals surface area contributed by atoms with Crippen molar-refractivity contribution in [3.8, 4) is 5.69 Å². The normalized spacial score (nSPS) is 11.5. The van der Waals surface area contributed by atoms with Crippen LogP contribution in [0.3, 0.4) is 0 Å². The topological polar surface area (TPSA) is 52.7 Å². The summed E-state index contributed by atoms with van der Waals surface area (Å²) in [5, 5.41) is 5.31. The summed E-state index contributed by atoms with van der Waals surface area (Å²) in [6, 6.07) is 19.8. The summed E-state index contributed by atoms with van der Waals surface area (Å²) < 4.78 is 5.47. The zero-order valence-electron chi connectivity index (χ0n) is 15.1. The molecule has 0 N–H and O–H groups in total. The Morgan fingerprint density at radius 3 is 2.46 bits per heavy atom. The minimum Gasteiger partial charge on any atom is -0.288 e. The lowest BCUT2D eigenvalue weighted by Crippen LogP contribution is -2.24. The summed E-state index contributed by atoms with van der Waals surface area (Å²) >= 11 is 3.21. The van der Waals surface area contributed by atoms with E-state index in [1.165, 1.54) is 4.68 Å². The standard InChI is InChI=1S/C21H16N4OS2/c1-27-21-23-19-18(28-21)16-12-22-24(13-14-8-4-2-5-9-14)20(26)17(16)25(19)15-10-6-3-7-11-15/h2-12H,13H2,1H3. The molecule has 5 aromatic rings. The summed E-state index contributed by atoms with van der Waals surface area (Å²) in [7, 11) is 0. The predicted molar refractivity (Wildman–Crippen MR) is 116 cm³/mol. The molecular formula is C21H16N4OS2. The average molecular weight is 405 g/mol. The van der Waals surface area contributed by atoms with E-state index < -0.39 is 0 Å². The molecule has 0 saturated carbocycles. The minimum atomic E-state index is -0.110. The van der Waals surface area contributed by atoms with Crippen LogP contribution in [0.1, 0.15) is 5.56 Å². The maximum Gasteiger partial charge on any atom is 0.292 e. The van der Waals surface area contributed by atoms with Crippen molar-refractivity contribution in [2.45, 2.75) is 10.9 Å². The van der Waals surface area contributed by atoms with Gasteiger partial charge in [0.05, 0.1) is 17.4 Å². The molecule has 0 spiro atoms. The minimum absolute atomic E-state index is 0.110. The van der Waals surface area contributed by atoms with Crippen LogP contribution in [0.4, 0.5) is 0 Å². The van der Waals surface area contributed by atoms with Crippen molar-refractivity contribution in [3.05, 3.63) is 82.8 Å². The van der Waals surface area contributed by atoms with Crippen molar-refractivity contribution in [3.63, 3.8) is 0 Å². The van der Waals surface area contributed by atoms with Gasteiger partial charge >= 0.3 is 0 Å². The molecule has 0 aliphatic carbocycles. The molecule has 0 radical (unpaired) electrons. The highest BCUT2D eigenvalue weighted by Crippen LogP contribution is 2.36. The summed E-state index contributed by atoms with van der Waals surface area (Å²) in [4.78, 5) is 18.2. The second-order valence-electron chi connectivity index (χ2n) is 6.36. The third-order valence-corrected chi connectivity index (χ3v) is 6.72. The number of benzene rings is 2. The molecule has 5 nitrogen and oxygen atoms in total. The second kappa shape index (κ2) is 6.92. The first kappa shape index (κ1) is 17.2. The van der Waals surface area contributed by atoms with Crippen LogP contribution in [0, 0.1) is 0 Å². The lowest BCUT2D eigenvalue weighted by Gasteiger charge is -2.08. The van der Waals surface area contributed by atoms with Crippen molar-refractivity contribution in [2.75, 3.05) is 6.26 Å². The van der Waals surface area contributed by atoms with E-state index in [1.807, 2.05) is 71.5 Å². The van der Waals surface area contributed by atoms with Gasteiger partial charge in [-0.1, -0.05) is 60.3 Å². The summed E-state index contributed by atoms with van der Waals surface area (Å²) in [5.74, 6) is 0. The Morgan fingerprint density at radius 1 is 1.04 bits per heavy atom. The Bertz CT molecular complexity index is 1340. The highest BCUT2D eigenvalue weighted by molar-refractivity contribution is 8.00. The van der Waals surface area contributed by atoms with Gasteiger partial charge in [0.25, 0.3) is 5.56 Å². The van der Waals surface area contributed by atoms with Gasteiger partial charge in [0.2, 0.25) is 0 Å². The Balaban J connectivity index is 1.81. The monoisotopic (exact) mass is 404 g/mol. The van der Waals surface area contributed by atoms with Crippen LogP contribution in [0.25, 0.3) is 26.9 Å². The van der Waals surface area contributed by atoms with Gasteiger partial charge in [-0.15, -0.1) is 11.3 Å². The summed E-state index contributed by atoms with van der Waals surface area (Å²) in [6.07, 6.45) is 3.81. The first-order valence-electron chi connectivity index (χ1n) is 8.80. The van der Waals surface area contributed by atoms with Crippen LogP contribution >= 0.6 is 23.1 Å². The number of thioether (sulfide) groups is 1. The summed E-state index contributed by atoms with van der Waals surface area (Å²) in [6.45, 7) is 0.437. The molecule has 5 rings (SSSR count). The molecule has 0 saturated heterocycles. The maximum absolute atomic E-state index is 13.4. The fourth-order valence-corrected chi connectivity index (χ4v) is 4.93. The van der Waals surface area contributed by atoms with Crippen LogP contribution < -0.4 is 5.56 Å². The van der Waals surface area contributed by atoms with Gasteiger partial charge in [-0.2, -0.15) is 5.10 Å².